The monoisotopic (exact) mass is 394 g/mol. The summed E-state index contributed by atoms with van der Waals surface area (Å²) >= 11 is 12.0. The molecule has 0 atom stereocenters. The van der Waals surface area contributed by atoms with Crippen molar-refractivity contribution in [3.63, 3.8) is 0 Å². The lowest BCUT2D eigenvalue weighted by Gasteiger charge is -2.18. The second-order valence-corrected chi connectivity index (χ2v) is 6.82. The summed E-state index contributed by atoms with van der Waals surface area (Å²) < 4.78 is 5.52. The summed E-state index contributed by atoms with van der Waals surface area (Å²) in [5.41, 5.74) is 2.43. The number of benzene rings is 2. The smallest absolute Gasteiger partial charge is 0.260 e. The lowest BCUT2D eigenvalue weighted by atomic mass is 10.1. The van der Waals surface area contributed by atoms with Crippen molar-refractivity contribution in [1.82, 2.24) is 4.90 Å². The van der Waals surface area contributed by atoms with Gasteiger partial charge in [-0.1, -0.05) is 35.3 Å². The van der Waals surface area contributed by atoms with E-state index in [-0.39, 0.29) is 19.1 Å². The average Bonchev–Trinajstić information content (AvgIpc) is 2.55. The van der Waals surface area contributed by atoms with E-state index < -0.39 is 5.91 Å². The predicted molar refractivity (Wildman–Crippen MR) is 104 cm³/mol. The van der Waals surface area contributed by atoms with Crippen molar-refractivity contribution in [3.05, 3.63) is 57.6 Å². The molecule has 1 N–H and O–H groups in total. The van der Waals surface area contributed by atoms with E-state index >= 15 is 0 Å². The summed E-state index contributed by atoms with van der Waals surface area (Å²) in [4.78, 5) is 25.6. The molecule has 7 heteroatoms. The molecule has 0 unspecified atom stereocenters. The Kier molecular flexibility index (Phi) is 6.89. The number of hydrogen-bond acceptors (Lipinski definition) is 3. The van der Waals surface area contributed by atoms with Gasteiger partial charge in [0, 0.05) is 7.05 Å². The lowest BCUT2D eigenvalue weighted by molar-refractivity contribution is -0.135. The lowest BCUT2D eigenvalue weighted by Crippen LogP contribution is -2.37. The Bertz CT molecular complexity index is 784. The summed E-state index contributed by atoms with van der Waals surface area (Å²) in [5.74, 6) is -0.0941. The highest BCUT2D eigenvalue weighted by Crippen LogP contribution is 2.29. The maximum Gasteiger partial charge on any atom is 0.260 e. The van der Waals surface area contributed by atoms with Gasteiger partial charge in [0.25, 0.3) is 5.91 Å². The minimum Gasteiger partial charge on any atom is -0.484 e. The fourth-order valence-electron chi connectivity index (χ4n) is 2.37. The molecule has 0 bridgehead atoms. The fourth-order valence-corrected chi connectivity index (χ4v) is 2.86. The standard InChI is InChI=1S/C19H20Cl2N2O3/c1-12-7-13(2)9-14(8-12)26-11-18(25)23(3)10-17(24)22-19-15(20)5-4-6-16(19)21/h4-9H,10-11H2,1-3H3,(H,22,24). The molecule has 26 heavy (non-hydrogen) atoms. The first-order valence-electron chi connectivity index (χ1n) is 7.95. The van der Waals surface area contributed by atoms with Gasteiger partial charge < -0.3 is 15.0 Å². The van der Waals surface area contributed by atoms with Gasteiger partial charge in [-0.15, -0.1) is 0 Å². The molecule has 5 nitrogen and oxygen atoms in total. The number of nitrogens with zero attached hydrogens (tertiary/aromatic N) is 1. The van der Waals surface area contributed by atoms with Gasteiger partial charge in [0.2, 0.25) is 5.91 Å². The quantitative estimate of drug-likeness (QED) is 0.802. The summed E-state index contributed by atoms with van der Waals surface area (Å²) in [6.45, 7) is 3.62. The van der Waals surface area contributed by atoms with E-state index in [1.54, 1.807) is 18.2 Å². The fraction of sp³-hybridized carbons (Fsp3) is 0.263. The molecule has 0 aromatic heterocycles. The first-order chi connectivity index (χ1) is 12.3. The van der Waals surface area contributed by atoms with Crippen LogP contribution in [0, 0.1) is 13.8 Å². The van der Waals surface area contributed by atoms with E-state index in [4.69, 9.17) is 27.9 Å². The van der Waals surface area contributed by atoms with E-state index in [2.05, 4.69) is 5.32 Å². The van der Waals surface area contributed by atoms with Crippen molar-refractivity contribution < 1.29 is 14.3 Å². The molecule has 0 aliphatic heterocycles. The van der Waals surface area contributed by atoms with E-state index in [0.29, 0.717) is 21.5 Å². The molecule has 2 aromatic carbocycles. The molecule has 0 fully saturated rings. The zero-order chi connectivity index (χ0) is 19.3. The molecule has 0 saturated carbocycles. The predicted octanol–water partition coefficient (Wildman–Crippen LogP) is 4.09. The highest BCUT2D eigenvalue weighted by Gasteiger charge is 2.16. The first kappa shape index (κ1) is 20.1. The molecule has 0 spiro atoms. The maximum atomic E-state index is 12.2. The van der Waals surface area contributed by atoms with Crippen molar-refractivity contribution in [3.8, 4) is 5.75 Å². The van der Waals surface area contributed by atoms with Crippen LogP contribution in [0.25, 0.3) is 0 Å². The van der Waals surface area contributed by atoms with Crippen LogP contribution >= 0.6 is 23.2 Å². The maximum absolute atomic E-state index is 12.2. The molecule has 2 amide bonds. The average molecular weight is 395 g/mol. The number of likely N-dealkylation sites (N-methyl/N-ethyl adjacent to an activating group) is 1. The molecule has 0 aliphatic rings. The summed E-state index contributed by atoms with van der Waals surface area (Å²) in [5, 5.41) is 3.28. The van der Waals surface area contributed by atoms with Gasteiger partial charge in [0.1, 0.15) is 5.75 Å². The Balaban J connectivity index is 1.89. The zero-order valence-electron chi connectivity index (χ0n) is 14.8. The van der Waals surface area contributed by atoms with E-state index in [1.807, 2.05) is 32.0 Å². The molecule has 0 heterocycles. The van der Waals surface area contributed by atoms with Crippen LogP contribution < -0.4 is 10.1 Å². The van der Waals surface area contributed by atoms with Crippen LogP contribution in [0.5, 0.6) is 5.75 Å². The van der Waals surface area contributed by atoms with E-state index in [1.165, 1.54) is 11.9 Å². The topological polar surface area (TPSA) is 58.6 Å². The number of hydrogen-bond donors (Lipinski definition) is 1. The SMILES string of the molecule is Cc1cc(C)cc(OCC(=O)N(C)CC(=O)Nc2c(Cl)cccc2Cl)c1. The summed E-state index contributed by atoms with van der Waals surface area (Å²) in [7, 11) is 1.53. The van der Waals surface area contributed by atoms with Crippen molar-refractivity contribution >= 4 is 40.7 Å². The number of aryl methyl sites for hydroxylation is 2. The van der Waals surface area contributed by atoms with Gasteiger partial charge in [-0.25, -0.2) is 0 Å². The van der Waals surface area contributed by atoms with Crippen molar-refractivity contribution in [2.45, 2.75) is 13.8 Å². The van der Waals surface area contributed by atoms with Gasteiger partial charge in [0.15, 0.2) is 6.61 Å². The third-order valence-electron chi connectivity index (χ3n) is 3.59. The summed E-state index contributed by atoms with van der Waals surface area (Å²) in [6.07, 6.45) is 0. The van der Waals surface area contributed by atoms with Crippen LogP contribution in [-0.2, 0) is 9.59 Å². The van der Waals surface area contributed by atoms with Crippen molar-refractivity contribution in [2.24, 2.45) is 0 Å². The summed E-state index contributed by atoms with van der Waals surface area (Å²) in [6, 6.07) is 10.6. The molecule has 2 rings (SSSR count). The first-order valence-corrected chi connectivity index (χ1v) is 8.71. The van der Waals surface area contributed by atoms with Gasteiger partial charge in [-0.3, -0.25) is 9.59 Å². The number of anilines is 1. The van der Waals surface area contributed by atoms with Crippen molar-refractivity contribution in [2.75, 3.05) is 25.5 Å². The zero-order valence-corrected chi connectivity index (χ0v) is 16.3. The molecular formula is C19H20Cl2N2O3. The number of halogens is 2. The van der Waals surface area contributed by atoms with Crippen molar-refractivity contribution in [1.29, 1.82) is 0 Å². The second-order valence-electron chi connectivity index (χ2n) is 6.01. The number of para-hydroxylation sites is 1. The molecule has 0 radical (unpaired) electrons. The van der Waals surface area contributed by atoms with Crippen LogP contribution in [0.1, 0.15) is 11.1 Å². The largest absolute Gasteiger partial charge is 0.484 e. The Morgan fingerprint density at radius 1 is 1.08 bits per heavy atom. The number of rotatable bonds is 6. The van der Waals surface area contributed by atoms with Gasteiger partial charge in [-0.05, 0) is 49.2 Å². The number of amides is 2. The Hall–Kier alpha value is -2.24. The van der Waals surface area contributed by atoms with Crippen LogP contribution in [-0.4, -0.2) is 36.9 Å². The van der Waals surface area contributed by atoms with Gasteiger partial charge in [-0.2, -0.15) is 0 Å². The van der Waals surface area contributed by atoms with Crippen LogP contribution in [0.4, 0.5) is 5.69 Å². The minimum atomic E-state index is -0.401. The van der Waals surface area contributed by atoms with Crippen LogP contribution in [0.15, 0.2) is 36.4 Å². The van der Waals surface area contributed by atoms with E-state index in [9.17, 15) is 9.59 Å². The molecule has 2 aromatic rings. The number of nitrogens with one attached hydrogen (secondary N) is 1. The number of carbonyl (C=O) groups excluding carboxylic acids is 2. The Labute approximate surface area is 162 Å². The highest BCUT2D eigenvalue weighted by molar-refractivity contribution is 6.39. The van der Waals surface area contributed by atoms with E-state index in [0.717, 1.165) is 11.1 Å². The van der Waals surface area contributed by atoms with Gasteiger partial charge >= 0.3 is 0 Å². The van der Waals surface area contributed by atoms with Gasteiger partial charge in [0.05, 0.1) is 22.3 Å². The normalized spacial score (nSPS) is 10.3. The number of carbonyl (C=O) groups is 2. The highest BCUT2D eigenvalue weighted by atomic mass is 35.5. The molecular weight excluding hydrogens is 375 g/mol. The second kappa shape index (κ2) is 8.92. The molecule has 138 valence electrons. The molecule has 0 aliphatic carbocycles. The van der Waals surface area contributed by atoms with Crippen LogP contribution in [0.2, 0.25) is 10.0 Å². The minimum absolute atomic E-state index is 0.142. The van der Waals surface area contributed by atoms with Crippen LogP contribution in [0.3, 0.4) is 0 Å². The molecule has 0 saturated heterocycles. The third kappa shape index (κ3) is 5.64. The number of ether oxygens (including phenoxy) is 1. The third-order valence-corrected chi connectivity index (χ3v) is 4.22. The Morgan fingerprint density at radius 2 is 1.65 bits per heavy atom. The Morgan fingerprint density at radius 3 is 2.23 bits per heavy atom.